The summed E-state index contributed by atoms with van der Waals surface area (Å²) in [6.45, 7) is 6.09. The summed E-state index contributed by atoms with van der Waals surface area (Å²) < 4.78 is 0. The van der Waals surface area contributed by atoms with Crippen molar-refractivity contribution in [2.24, 2.45) is 17.8 Å². The summed E-state index contributed by atoms with van der Waals surface area (Å²) >= 11 is 0. The van der Waals surface area contributed by atoms with Gasteiger partial charge in [-0.2, -0.15) is 0 Å². The van der Waals surface area contributed by atoms with Crippen LogP contribution in [0.25, 0.3) is 0 Å². The van der Waals surface area contributed by atoms with Crippen LogP contribution in [0.4, 0.5) is 5.69 Å². The van der Waals surface area contributed by atoms with Crippen molar-refractivity contribution in [1.29, 1.82) is 0 Å². The summed E-state index contributed by atoms with van der Waals surface area (Å²) in [5.74, 6) is 1.01. The highest BCUT2D eigenvalue weighted by Gasteiger charge is 2.39. The van der Waals surface area contributed by atoms with Crippen LogP contribution < -0.4 is 16.0 Å². The lowest BCUT2D eigenvalue weighted by molar-refractivity contribution is -0.117. The van der Waals surface area contributed by atoms with Crippen molar-refractivity contribution >= 4 is 29.9 Å². The van der Waals surface area contributed by atoms with Gasteiger partial charge in [0.05, 0.1) is 0 Å². The maximum Gasteiger partial charge on any atom is 0.251 e. The Labute approximate surface area is 149 Å². The smallest absolute Gasteiger partial charge is 0.251 e. The molecule has 3 N–H and O–H groups in total. The number of anilines is 1. The maximum absolute atomic E-state index is 12.5. The number of halogens is 1. The number of piperidine rings is 1. The van der Waals surface area contributed by atoms with Crippen molar-refractivity contribution in [3.8, 4) is 0 Å². The Morgan fingerprint density at radius 2 is 1.96 bits per heavy atom. The van der Waals surface area contributed by atoms with Crippen LogP contribution in [-0.2, 0) is 4.79 Å². The molecule has 3 rings (SSSR count). The molecule has 1 aromatic carbocycles. The monoisotopic (exact) mass is 351 g/mol. The van der Waals surface area contributed by atoms with Gasteiger partial charge in [-0.25, -0.2) is 0 Å². The van der Waals surface area contributed by atoms with E-state index in [4.69, 9.17) is 0 Å². The van der Waals surface area contributed by atoms with Crippen molar-refractivity contribution in [2.75, 3.05) is 18.4 Å². The molecule has 1 aliphatic carbocycles. The topological polar surface area (TPSA) is 70.2 Å². The number of hydrogen-bond acceptors (Lipinski definition) is 3. The minimum atomic E-state index is -0.0698. The lowest BCUT2D eigenvalue weighted by Crippen LogP contribution is -2.48. The second-order valence-electron chi connectivity index (χ2n) is 6.94. The Morgan fingerprint density at radius 1 is 1.21 bits per heavy atom. The van der Waals surface area contributed by atoms with Gasteiger partial charge in [0.2, 0.25) is 5.91 Å². The van der Waals surface area contributed by atoms with E-state index in [0.717, 1.165) is 25.9 Å². The number of nitrogens with one attached hydrogen (secondary N) is 3. The molecular weight excluding hydrogens is 326 g/mol. The summed E-state index contributed by atoms with van der Waals surface area (Å²) in [5.41, 5.74) is 1.29. The lowest BCUT2D eigenvalue weighted by Gasteiger charge is -2.30. The quantitative estimate of drug-likeness (QED) is 0.780. The van der Waals surface area contributed by atoms with E-state index in [-0.39, 0.29) is 36.2 Å². The first-order chi connectivity index (χ1) is 11.0. The summed E-state index contributed by atoms with van der Waals surface area (Å²) in [6, 6.07) is 7.39. The molecule has 0 spiro atoms. The molecule has 1 saturated carbocycles. The van der Waals surface area contributed by atoms with E-state index >= 15 is 0 Å². The van der Waals surface area contributed by atoms with Gasteiger partial charge in [-0.1, -0.05) is 19.9 Å². The molecule has 2 amide bonds. The molecule has 1 aromatic rings. The van der Waals surface area contributed by atoms with Gasteiger partial charge in [-0.15, -0.1) is 12.4 Å². The van der Waals surface area contributed by atoms with Crippen LogP contribution in [0.1, 0.15) is 37.0 Å². The molecule has 0 bridgehead atoms. The molecular formula is C18H26ClN3O2. The van der Waals surface area contributed by atoms with Crippen LogP contribution in [0.5, 0.6) is 0 Å². The molecule has 4 atom stereocenters. The Balaban J connectivity index is 0.00000208. The summed E-state index contributed by atoms with van der Waals surface area (Å²) in [4.78, 5) is 24.5. The fourth-order valence-electron chi connectivity index (χ4n) is 3.14. The minimum absolute atomic E-state index is 0. The number of hydrogen-bond donors (Lipinski definition) is 3. The summed E-state index contributed by atoms with van der Waals surface area (Å²) in [5, 5.41) is 9.36. The van der Waals surface area contributed by atoms with Gasteiger partial charge in [-0.05, 0) is 56.0 Å². The third-order valence-corrected chi connectivity index (χ3v) is 4.94. The standard InChI is InChI=1S/C18H25N3O2.ClH/c1-11-8-15(11)18(23)20-14-5-3-4-13(9-14)17(22)21-16-6-7-19-10-12(16)2;/h3-5,9,11-12,15-16,19H,6-8,10H2,1-2H3,(H,20,23)(H,21,22);1H. The van der Waals surface area contributed by atoms with Crippen LogP contribution in [0.3, 0.4) is 0 Å². The lowest BCUT2D eigenvalue weighted by atomic mass is 9.95. The molecule has 132 valence electrons. The van der Waals surface area contributed by atoms with Crippen LogP contribution in [0, 0.1) is 17.8 Å². The van der Waals surface area contributed by atoms with Gasteiger partial charge >= 0.3 is 0 Å². The summed E-state index contributed by atoms with van der Waals surface area (Å²) in [6.07, 6.45) is 1.91. The first kappa shape index (κ1) is 18.7. The maximum atomic E-state index is 12.5. The van der Waals surface area contributed by atoms with Crippen LogP contribution in [0.2, 0.25) is 0 Å². The van der Waals surface area contributed by atoms with E-state index in [1.165, 1.54) is 0 Å². The number of benzene rings is 1. The molecule has 24 heavy (non-hydrogen) atoms. The van der Waals surface area contributed by atoms with E-state index in [0.29, 0.717) is 23.1 Å². The van der Waals surface area contributed by atoms with Gasteiger partial charge in [0.1, 0.15) is 0 Å². The zero-order valence-electron chi connectivity index (χ0n) is 14.2. The van der Waals surface area contributed by atoms with Crippen molar-refractivity contribution in [3.05, 3.63) is 29.8 Å². The zero-order chi connectivity index (χ0) is 16.4. The van der Waals surface area contributed by atoms with Gasteiger partial charge in [-0.3, -0.25) is 9.59 Å². The summed E-state index contributed by atoms with van der Waals surface area (Å²) in [7, 11) is 0. The molecule has 5 nitrogen and oxygen atoms in total. The van der Waals surface area contributed by atoms with Crippen LogP contribution >= 0.6 is 12.4 Å². The average molecular weight is 352 g/mol. The predicted octanol–water partition coefficient (Wildman–Crippen LogP) is 2.43. The average Bonchev–Trinajstić information content (AvgIpc) is 3.27. The van der Waals surface area contributed by atoms with Crippen LogP contribution in [0.15, 0.2) is 24.3 Å². The minimum Gasteiger partial charge on any atom is -0.349 e. The first-order valence-corrected chi connectivity index (χ1v) is 8.47. The van der Waals surface area contributed by atoms with Gasteiger partial charge in [0.15, 0.2) is 0 Å². The van der Waals surface area contributed by atoms with E-state index in [1.54, 1.807) is 12.1 Å². The largest absolute Gasteiger partial charge is 0.349 e. The fraction of sp³-hybridized carbons (Fsp3) is 0.556. The molecule has 1 saturated heterocycles. The van der Waals surface area contributed by atoms with Gasteiger partial charge in [0.25, 0.3) is 5.91 Å². The normalized spacial score (nSPS) is 28.4. The Kier molecular flexibility index (Phi) is 6.24. The third kappa shape index (κ3) is 4.48. The number of carbonyl (C=O) groups excluding carboxylic acids is 2. The molecule has 2 aliphatic rings. The van der Waals surface area contributed by atoms with Crippen molar-refractivity contribution in [2.45, 2.75) is 32.7 Å². The molecule has 0 aromatic heterocycles. The molecule has 0 radical (unpaired) electrons. The third-order valence-electron chi connectivity index (χ3n) is 4.94. The predicted molar refractivity (Wildman–Crippen MR) is 97.5 cm³/mol. The number of amides is 2. The Morgan fingerprint density at radius 3 is 2.62 bits per heavy atom. The van der Waals surface area contributed by atoms with E-state index in [1.807, 2.05) is 12.1 Å². The highest BCUT2D eigenvalue weighted by molar-refractivity contribution is 5.98. The van der Waals surface area contributed by atoms with Crippen LogP contribution in [-0.4, -0.2) is 30.9 Å². The molecule has 6 heteroatoms. The second-order valence-corrected chi connectivity index (χ2v) is 6.94. The van der Waals surface area contributed by atoms with Crippen molar-refractivity contribution in [1.82, 2.24) is 10.6 Å². The van der Waals surface area contributed by atoms with Gasteiger partial charge < -0.3 is 16.0 Å². The van der Waals surface area contributed by atoms with Crippen molar-refractivity contribution in [3.63, 3.8) is 0 Å². The fourth-order valence-corrected chi connectivity index (χ4v) is 3.14. The highest BCUT2D eigenvalue weighted by atomic mass is 35.5. The van der Waals surface area contributed by atoms with E-state index in [9.17, 15) is 9.59 Å². The number of carbonyl (C=O) groups is 2. The zero-order valence-corrected chi connectivity index (χ0v) is 15.0. The first-order valence-electron chi connectivity index (χ1n) is 8.47. The molecule has 1 aliphatic heterocycles. The number of rotatable bonds is 4. The van der Waals surface area contributed by atoms with Gasteiger partial charge in [0, 0.05) is 23.2 Å². The molecule has 1 heterocycles. The Bertz CT molecular complexity index is 608. The SMILES string of the molecule is CC1CNCCC1NC(=O)c1cccc(NC(=O)C2CC2C)c1.Cl. The van der Waals surface area contributed by atoms with E-state index < -0.39 is 0 Å². The molecule has 4 unspecified atom stereocenters. The Hall–Kier alpha value is -1.59. The highest BCUT2D eigenvalue weighted by Crippen LogP contribution is 2.38. The molecule has 2 fully saturated rings. The van der Waals surface area contributed by atoms with Crippen molar-refractivity contribution < 1.29 is 9.59 Å². The second kappa shape index (κ2) is 7.99. The van der Waals surface area contributed by atoms with E-state index in [2.05, 4.69) is 29.8 Å².